The molecule has 4 aromatic rings. The molecule has 5 heteroatoms. The molecule has 0 radical (unpaired) electrons. The summed E-state index contributed by atoms with van der Waals surface area (Å²) in [7, 11) is 0. The Bertz CT molecular complexity index is 1270. The van der Waals surface area contributed by atoms with Gasteiger partial charge < -0.3 is 8.98 Å². The van der Waals surface area contributed by atoms with Crippen molar-refractivity contribution in [2.45, 2.75) is 32.0 Å². The molecule has 2 aromatic heterocycles. The molecule has 1 aliphatic heterocycles. The molecule has 0 spiro atoms. The van der Waals surface area contributed by atoms with E-state index in [-0.39, 0.29) is 11.8 Å². The van der Waals surface area contributed by atoms with E-state index < -0.39 is 0 Å². The van der Waals surface area contributed by atoms with Crippen molar-refractivity contribution in [1.82, 2.24) is 14.0 Å². The first kappa shape index (κ1) is 17.8. The Labute approximate surface area is 169 Å². The van der Waals surface area contributed by atoms with Crippen LogP contribution in [-0.2, 0) is 13.1 Å². The van der Waals surface area contributed by atoms with Crippen molar-refractivity contribution in [3.05, 3.63) is 70.8 Å². The second-order valence-corrected chi connectivity index (χ2v) is 7.74. The van der Waals surface area contributed by atoms with Crippen LogP contribution in [0.2, 0.25) is 0 Å². The lowest BCUT2D eigenvalue weighted by Crippen LogP contribution is -2.38. The first-order valence-corrected chi connectivity index (χ1v) is 10.1. The number of likely N-dealkylation sites (tertiary alicyclic amines) is 1. The van der Waals surface area contributed by atoms with Crippen LogP contribution in [0.25, 0.3) is 22.0 Å². The fourth-order valence-corrected chi connectivity index (χ4v) is 4.63. The van der Waals surface area contributed by atoms with Gasteiger partial charge in [0.05, 0.1) is 18.1 Å². The SMILES string of the molecule is C#CCn1cc(CN2CCC[C@H](n3c(=O)oc4ccccc43)C2)c2ccccc21. The maximum Gasteiger partial charge on any atom is 0.420 e. The van der Waals surface area contributed by atoms with Crippen LogP contribution in [0.1, 0.15) is 24.4 Å². The van der Waals surface area contributed by atoms with Crippen LogP contribution in [0, 0.1) is 12.3 Å². The summed E-state index contributed by atoms with van der Waals surface area (Å²) in [5.74, 6) is 2.48. The topological polar surface area (TPSA) is 43.3 Å². The van der Waals surface area contributed by atoms with Gasteiger partial charge in [0.25, 0.3) is 0 Å². The third kappa shape index (κ3) is 3.16. The van der Waals surface area contributed by atoms with Crippen LogP contribution in [-0.4, -0.2) is 27.1 Å². The van der Waals surface area contributed by atoms with Gasteiger partial charge in [-0.3, -0.25) is 9.47 Å². The molecular weight excluding hydrogens is 362 g/mol. The summed E-state index contributed by atoms with van der Waals surface area (Å²) >= 11 is 0. The number of benzene rings is 2. The molecule has 0 saturated carbocycles. The largest absolute Gasteiger partial charge is 0.420 e. The number of oxazole rings is 1. The minimum absolute atomic E-state index is 0.124. The summed E-state index contributed by atoms with van der Waals surface area (Å²) in [4.78, 5) is 14.9. The van der Waals surface area contributed by atoms with Crippen LogP contribution in [0.5, 0.6) is 0 Å². The minimum atomic E-state index is -0.260. The Morgan fingerprint density at radius 3 is 2.76 bits per heavy atom. The Kier molecular flexibility index (Phi) is 4.49. The monoisotopic (exact) mass is 385 g/mol. The zero-order valence-electron chi connectivity index (χ0n) is 16.3. The zero-order chi connectivity index (χ0) is 19.8. The highest BCUT2D eigenvalue weighted by Gasteiger charge is 2.25. The van der Waals surface area contributed by atoms with Crippen LogP contribution < -0.4 is 5.76 Å². The number of fused-ring (bicyclic) bond motifs is 2. The predicted molar refractivity (Wildman–Crippen MR) is 115 cm³/mol. The normalized spacial score (nSPS) is 17.7. The first-order chi connectivity index (χ1) is 14.2. The minimum Gasteiger partial charge on any atom is -0.408 e. The van der Waals surface area contributed by atoms with E-state index in [0.29, 0.717) is 12.1 Å². The van der Waals surface area contributed by atoms with E-state index in [0.717, 1.165) is 38.0 Å². The molecule has 0 N–H and O–H groups in total. The number of hydrogen-bond donors (Lipinski definition) is 0. The summed E-state index contributed by atoms with van der Waals surface area (Å²) in [6, 6.07) is 16.2. The molecule has 5 rings (SSSR count). The average Bonchev–Trinajstić information content (AvgIpc) is 3.26. The second-order valence-electron chi connectivity index (χ2n) is 7.74. The van der Waals surface area contributed by atoms with Gasteiger partial charge in [0.15, 0.2) is 5.58 Å². The highest BCUT2D eigenvalue weighted by molar-refractivity contribution is 5.84. The molecule has 5 nitrogen and oxygen atoms in total. The summed E-state index contributed by atoms with van der Waals surface area (Å²) < 4.78 is 9.44. The molecule has 0 amide bonds. The van der Waals surface area contributed by atoms with Gasteiger partial charge in [0, 0.05) is 30.2 Å². The molecule has 0 bridgehead atoms. The van der Waals surface area contributed by atoms with Crippen molar-refractivity contribution in [2.75, 3.05) is 13.1 Å². The number of hydrogen-bond acceptors (Lipinski definition) is 3. The smallest absolute Gasteiger partial charge is 0.408 e. The molecule has 146 valence electrons. The molecule has 1 saturated heterocycles. The Hall–Kier alpha value is -3.23. The number of aromatic nitrogens is 2. The van der Waals surface area contributed by atoms with E-state index in [1.807, 2.05) is 34.9 Å². The van der Waals surface area contributed by atoms with Crippen LogP contribution in [0.15, 0.2) is 63.9 Å². The van der Waals surface area contributed by atoms with E-state index in [9.17, 15) is 4.79 Å². The lowest BCUT2D eigenvalue weighted by Gasteiger charge is -2.32. The molecular formula is C24H23N3O2. The third-order valence-electron chi connectivity index (χ3n) is 5.89. The van der Waals surface area contributed by atoms with Gasteiger partial charge in [-0.2, -0.15) is 0 Å². The van der Waals surface area contributed by atoms with Crippen molar-refractivity contribution >= 4 is 22.0 Å². The van der Waals surface area contributed by atoms with Crippen LogP contribution in [0.3, 0.4) is 0 Å². The van der Waals surface area contributed by atoms with Gasteiger partial charge in [0.1, 0.15) is 0 Å². The van der Waals surface area contributed by atoms with E-state index in [1.54, 1.807) is 0 Å². The van der Waals surface area contributed by atoms with Gasteiger partial charge in [-0.25, -0.2) is 4.79 Å². The molecule has 1 atom stereocenters. The van der Waals surface area contributed by atoms with Gasteiger partial charge in [-0.15, -0.1) is 6.42 Å². The van der Waals surface area contributed by atoms with Gasteiger partial charge >= 0.3 is 5.76 Å². The average molecular weight is 385 g/mol. The molecule has 2 aromatic carbocycles. The Morgan fingerprint density at radius 2 is 1.90 bits per heavy atom. The quantitative estimate of drug-likeness (QED) is 0.499. The molecule has 3 heterocycles. The first-order valence-electron chi connectivity index (χ1n) is 10.1. The van der Waals surface area contributed by atoms with Gasteiger partial charge in [-0.1, -0.05) is 36.3 Å². The summed E-state index contributed by atoms with van der Waals surface area (Å²) in [6.45, 7) is 3.27. The number of nitrogens with zero attached hydrogens (tertiary/aromatic N) is 3. The lowest BCUT2D eigenvalue weighted by molar-refractivity contribution is 0.168. The highest BCUT2D eigenvalue weighted by atomic mass is 16.4. The Balaban J connectivity index is 1.44. The van der Waals surface area contributed by atoms with Gasteiger partial charge in [-0.05, 0) is 43.1 Å². The lowest BCUT2D eigenvalue weighted by atomic mass is 10.0. The van der Waals surface area contributed by atoms with E-state index in [4.69, 9.17) is 10.8 Å². The summed E-state index contributed by atoms with van der Waals surface area (Å²) in [6.07, 6.45) is 9.77. The fourth-order valence-electron chi connectivity index (χ4n) is 4.63. The van der Waals surface area contributed by atoms with E-state index in [2.05, 4.69) is 39.8 Å². The number of para-hydroxylation sites is 3. The van der Waals surface area contributed by atoms with Crippen molar-refractivity contribution in [3.8, 4) is 12.3 Å². The van der Waals surface area contributed by atoms with E-state index >= 15 is 0 Å². The fraction of sp³-hybridized carbons (Fsp3) is 0.292. The molecule has 1 fully saturated rings. The number of piperidine rings is 1. The van der Waals surface area contributed by atoms with Crippen molar-refractivity contribution in [2.24, 2.45) is 0 Å². The molecule has 0 aliphatic carbocycles. The van der Waals surface area contributed by atoms with Crippen LogP contribution >= 0.6 is 0 Å². The molecule has 0 unspecified atom stereocenters. The number of terminal acetylenes is 1. The molecule has 1 aliphatic rings. The number of rotatable bonds is 4. The van der Waals surface area contributed by atoms with Crippen LogP contribution in [0.4, 0.5) is 0 Å². The van der Waals surface area contributed by atoms with Crippen molar-refractivity contribution < 1.29 is 4.42 Å². The zero-order valence-corrected chi connectivity index (χ0v) is 16.3. The highest BCUT2D eigenvalue weighted by Crippen LogP contribution is 2.28. The standard InChI is InChI=1S/C24H23N3O2/c1-2-13-26-16-18(20-9-3-4-10-21(20)26)15-25-14-7-8-19(17-25)27-22-11-5-6-12-23(22)29-24(27)28/h1,3-6,9-12,16,19H,7-8,13-15,17H2/t19-/m0/s1. The third-order valence-corrected chi connectivity index (χ3v) is 5.89. The van der Waals surface area contributed by atoms with E-state index in [1.165, 1.54) is 16.5 Å². The predicted octanol–water partition coefficient (Wildman–Crippen LogP) is 4.02. The van der Waals surface area contributed by atoms with Crippen molar-refractivity contribution in [1.29, 1.82) is 0 Å². The Morgan fingerprint density at radius 1 is 1.10 bits per heavy atom. The van der Waals surface area contributed by atoms with Crippen molar-refractivity contribution in [3.63, 3.8) is 0 Å². The second kappa shape index (κ2) is 7.31. The van der Waals surface area contributed by atoms with Gasteiger partial charge in [0.2, 0.25) is 0 Å². The maximum atomic E-state index is 12.5. The summed E-state index contributed by atoms with van der Waals surface area (Å²) in [5.41, 5.74) is 3.99. The summed E-state index contributed by atoms with van der Waals surface area (Å²) in [5, 5.41) is 1.25. The molecule has 29 heavy (non-hydrogen) atoms. The maximum absolute atomic E-state index is 12.5.